The number of fused-ring (bicyclic) bond motifs is 6. The Morgan fingerprint density at radius 1 is 0.677 bits per heavy atom. The van der Waals surface area contributed by atoms with Gasteiger partial charge in [-0.2, -0.15) is 0 Å². The highest BCUT2D eigenvalue weighted by atomic mass is 32.2. The maximum atomic E-state index is 5.10. The summed E-state index contributed by atoms with van der Waals surface area (Å²) in [5.41, 5.74) is 11.9. The average Bonchev–Trinajstić information content (AvgIpc) is 3.57. The van der Waals surface area contributed by atoms with Crippen LogP contribution in [0.15, 0.2) is 191 Å². The van der Waals surface area contributed by atoms with Gasteiger partial charge in [0.1, 0.15) is 5.82 Å². The van der Waals surface area contributed by atoms with Crippen LogP contribution in [0.25, 0.3) is 56.3 Å². The number of aromatic nitrogens is 3. The minimum absolute atomic E-state index is 0.517. The summed E-state index contributed by atoms with van der Waals surface area (Å²) in [7, 11) is 0. The quantitative estimate of drug-likeness (QED) is 0.162. The molecule has 10 rings (SSSR count). The number of benzene rings is 6. The lowest BCUT2D eigenvalue weighted by Gasteiger charge is -2.33. The van der Waals surface area contributed by atoms with Crippen LogP contribution in [0.5, 0.6) is 0 Å². The summed E-state index contributed by atoms with van der Waals surface area (Å²) in [5.74, 6) is 1.58. The van der Waals surface area contributed by atoms with E-state index in [0.717, 1.165) is 40.1 Å². The zero-order chi connectivity index (χ0) is 43.4. The van der Waals surface area contributed by atoms with Crippen molar-refractivity contribution >= 4 is 51.0 Å². The molecule has 0 N–H and O–H groups in total. The molecule has 1 unspecified atom stereocenters. The van der Waals surface area contributed by atoms with Gasteiger partial charge in [0.25, 0.3) is 0 Å². The lowest BCUT2D eigenvalue weighted by atomic mass is 9.98. The van der Waals surface area contributed by atoms with E-state index in [1.807, 2.05) is 62.0 Å². The van der Waals surface area contributed by atoms with Gasteiger partial charge in [-0.1, -0.05) is 171 Å². The summed E-state index contributed by atoms with van der Waals surface area (Å²) in [5, 5.41) is 2.47. The molecule has 2 bridgehead atoms. The molecule has 0 fully saturated rings. The van der Waals surface area contributed by atoms with Crippen LogP contribution in [0.4, 0.5) is 11.4 Å². The van der Waals surface area contributed by atoms with Gasteiger partial charge in [-0.05, 0) is 92.5 Å². The number of allylic oxidation sites excluding steroid dienone is 4. The number of hydrogen-bond donors (Lipinski definition) is 0. The molecule has 1 aliphatic carbocycles. The number of nitrogens with zero attached hydrogens (tertiary/aromatic N) is 4. The SMILES string of the molecule is C#C.C/C1=C/C=C2\CC(CC1)N(c1ccccc1)c1ccccc1S2.C/C=C\c1c(C)ccc2c1c1ccccc1n2-c1cc(-c2ccccc2)nc(-c2ccccc2)n1.CC. The molecule has 0 radical (unpaired) electrons. The standard InChI is InChI=1S/C32H25N3.C21H21NS.C2H6.C2H2/c1-3-12-25-22(2)19-20-29-31(25)26-17-10-11-18-28(26)35(29)30-21-27(23-13-6-4-7-14-23)33-32(34-30)24-15-8-5-9-16-24;1-16-11-13-18-15-19(14-12-16)23-21-10-6-5-9-20(21)22(18)17-7-3-2-4-8-17;2*1-2/h3-21H,1-2H3;2-10,12,14,18H,11,13,15H2,1H3;1-2H3;1-2H/b12-3-;16-12-,19-14+;;. The Bertz CT molecular complexity index is 2810. The van der Waals surface area contributed by atoms with Crippen LogP contribution in [0.2, 0.25) is 0 Å². The van der Waals surface area contributed by atoms with Crippen molar-refractivity contribution in [1.29, 1.82) is 0 Å². The van der Waals surface area contributed by atoms with Crippen LogP contribution < -0.4 is 4.90 Å². The van der Waals surface area contributed by atoms with Crippen LogP contribution in [0.1, 0.15) is 58.1 Å². The van der Waals surface area contributed by atoms with Crippen molar-refractivity contribution in [3.63, 3.8) is 0 Å². The fraction of sp³-hybridized carbons (Fsp3) is 0.158. The van der Waals surface area contributed by atoms with Crippen molar-refractivity contribution in [2.45, 2.75) is 64.8 Å². The van der Waals surface area contributed by atoms with Crippen LogP contribution in [-0.2, 0) is 0 Å². The van der Waals surface area contributed by atoms with E-state index in [2.05, 4.69) is 189 Å². The Labute approximate surface area is 372 Å². The molecule has 1 atom stereocenters. The highest BCUT2D eigenvalue weighted by Crippen LogP contribution is 2.46. The second-order valence-electron chi connectivity index (χ2n) is 15.0. The Morgan fingerprint density at radius 3 is 2.05 bits per heavy atom. The largest absolute Gasteiger partial charge is 0.337 e. The molecule has 0 amide bonds. The Kier molecular flexibility index (Phi) is 14.4. The van der Waals surface area contributed by atoms with Gasteiger partial charge in [0, 0.05) is 44.6 Å². The first-order chi connectivity index (χ1) is 30.6. The highest BCUT2D eigenvalue weighted by Gasteiger charge is 2.28. The fourth-order valence-electron chi connectivity index (χ4n) is 8.27. The monoisotopic (exact) mass is 826 g/mol. The average molecular weight is 827 g/mol. The van der Waals surface area contributed by atoms with Crippen molar-refractivity contribution < 1.29 is 0 Å². The third-order valence-electron chi connectivity index (χ3n) is 11.1. The van der Waals surface area contributed by atoms with E-state index in [4.69, 9.17) is 9.97 Å². The Morgan fingerprint density at radius 2 is 1.32 bits per heavy atom. The van der Waals surface area contributed by atoms with Gasteiger partial charge in [0.05, 0.1) is 22.4 Å². The van der Waals surface area contributed by atoms with Gasteiger partial charge in [-0.3, -0.25) is 4.57 Å². The molecule has 3 heterocycles. The van der Waals surface area contributed by atoms with Crippen LogP contribution >= 0.6 is 11.8 Å². The molecular formula is C57H54N4S. The first kappa shape index (κ1) is 43.2. The lowest BCUT2D eigenvalue weighted by molar-refractivity contribution is 0.597. The minimum Gasteiger partial charge on any atom is -0.337 e. The number of para-hydroxylation sites is 3. The number of anilines is 2. The minimum atomic E-state index is 0.517. The van der Waals surface area contributed by atoms with E-state index < -0.39 is 0 Å². The zero-order valence-electron chi connectivity index (χ0n) is 36.4. The second kappa shape index (κ2) is 20.6. The summed E-state index contributed by atoms with van der Waals surface area (Å²) in [6.45, 7) is 10.5. The van der Waals surface area contributed by atoms with Crippen molar-refractivity contribution in [2.24, 2.45) is 0 Å². The Hall–Kier alpha value is -6.87. The summed E-state index contributed by atoms with van der Waals surface area (Å²) in [6.07, 6.45) is 20.4. The van der Waals surface area contributed by atoms with E-state index in [9.17, 15) is 0 Å². The molecule has 0 spiro atoms. The molecule has 0 saturated heterocycles. The summed E-state index contributed by atoms with van der Waals surface area (Å²) in [6, 6.07) is 55.8. The molecule has 2 aliphatic rings. The van der Waals surface area contributed by atoms with E-state index in [1.165, 1.54) is 61.5 Å². The molecule has 4 nitrogen and oxygen atoms in total. The van der Waals surface area contributed by atoms with E-state index in [1.54, 1.807) is 0 Å². The number of terminal acetylenes is 1. The molecule has 308 valence electrons. The number of rotatable bonds is 5. The molecule has 5 heteroatoms. The predicted octanol–water partition coefficient (Wildman–Crippen LogP) is 15.8. The highest BCUT2D eigenvalue weighted by molar-refractivity contribution is 8.03. The van der Waals surface area contributed by atoms with Gasteiger partial charge in [0.15, 0.2) is 5.82 Å². The van der Waals surface area contributed by atoms with Gasteiger partial charge in [0.2, 0.25) is 0 Å². The van der Waals surface area contributed by atoms with Crippen molar-refractivity contribution in [3.8, 4) is 41.3 Å². The number of thioether (sulfide) groups is 1. The molecular weight excluding hydrogens is 773 g/mol. The number of aryl methyl sites for hydroxylation is 1. The van der Waals surface area contributed by atoms with Crippen molar-refractivity contribution in [3.05, 3.63) is 198 Å². The molecule has 2 aromatic heterocycles. The van der Waals surface area contributed by atoms with Crippen LogP contribution in [0.3, 0.4) is 0 Å². The molecule has 1 aliphatic heterocycles. The van der Waals surface area contributed by atoms with Crippen molar-refractivity contribution in [2.75, 3.05) is 4.90 Å². The Balaban J connectivity index is 0.000000185. The maximum Gasteiger partial charge on any atom is 0.162 e. The third kappa shape index (κ3) is 9.22. The van der Waals surface area contributed by atoms with Crippen molar-refractivity contribution in [1.82, 2.24) is 14.5 Å². The normalized spacial score (nSPS) is 16.0. The maximum absolute atomic E-state index is 5.10. The molecule has 62 heavy (non-hydrogen) atoms. The molecule has 6 aromatic carbocycles. The van der Waals surface area contributed by atoms with E-state index >= 15 is 0 Å². The van der Waals surface area contributed by atoms with Gasteiger partial charge < -0.3 is 4.90 Å². The summed E-state index contributed by atoms with van der Waals surface area (Å²) in [4.78, 5) is 15.5. The fourth-order valence-corrected chi connectivity index (χ4v) is 9.38. The molecule has 0 saturated carbocycles. The van der Waals surface area contributed by atoms with Gasteiger partial charge in [-0.15, -0.1) is 12.8 Å². The first-order valence-electron chi connectivity index (χ1n) is 21.5. The van der Waals surface area contributed by atoms with E-state index in [-0.39, 0.29) is 0 Å². The third-order valence-corrected chi connectivity index (χ3v) is 12.2. The van der Waals surface area contributed by atoms with Crippen LogP contribution in [0, 0.1) is 19.8 Å². The van der Waals surface area contributed by atoms with Gasteiger partial charge in [-0.25, -0.2) is 9.97 Å². The van der Waals surface area contributed by atoms with Gasteiger partial charge >= 0.3 is 0 Å². The molecule has 8 aromatic rings. The summed E-state index contributed by atoms with van der Waals surface area (Å²) < 4.78 is 2.28. The summed E-state index contributed by atoms with van der Waals surface area (Å²) >= 11 is 1.93. The zero-order valence-corrected chi connectivity index (χ0v) is 37.2. The topological polar surface area (TPSA) is 34.0 Å². The smallest absolute Gasteiger partial charge is 0.162 e. The van der Waals surface area contributed by atoms with Crippen LogP contribution in [-0.4, -0.2) is 20.6 Å². The lowest BCUT2D eigenvalue weighted by Crippen LogP contribution is -2.31. The second-order valence-corrected chi connectivity index (χ2v) is 16.2. The first-order valence-corrected chi connectivity index (χ1v) is 22.3. The predicted molar refractivity (Wildman–Crippen MR) is 268 cm³/mol. The van der Waals surface area contributed by atoms with E-state index in [0.29, 0.717) is 11.9 Å². The number of hydrogen-bond acceptors (Lipinski definition) is 4.